The van der Waals surface area contributed by atoms with Crippen molar-refractivity contribution in [3.63, 3.8) is 0 Å². The zero-order valence-electron chi connectivity index (χ0n) is 22.7. The van der Waals surface area contributed by atoms with Crippen LogP contribution in [0.4, 0.5) is 0 Å². The second-order valence-electron chi connectivity index (χ2n) is 11.7. The van der Waals surface area contributed by atoms with Gasteiger partial charge in [0.1, 0.15) is 5.75 Å². The molecule has 4 aliphatic rings. The van der Waals surface area contributed by atoms with E-state index in [4.69, 9.17) is 4.74 Å². The van der Waals surface area contributed by atoms with Crippen molar-refractivity contribution in [1.29, 1.82) is 0 Å². The van der Waals surface area contributed by atoms with Crippen LogP contribution in [0.25, 0.3) is 16.5 Å². The Kier molecular flexibility index (Phi) is 5.30. The highest BCUT2D eigenvalue weighted by Gasteiger charge is 2.71. The predicted octanol–water partition coefficient (Wildman–Crippen LogP) is 5.90. The summed E-state index contributed by atoms with van der Waals surface area (Å²) in [7, 11) is 1.57. The van der Waals surface area contributed by atoms with Crippen LogP contribution in [0.3, 0.4) is 0 Å². The number of benzene rings is 3. The second kappa shape index (κ2) is 8.59. The van der Waals surface area contributed by atoms with E-state index >= 15 is 0 Å². The summed E-state index contributed by atoms with van der Waals surface area (Å²) in [4.78, 5) is 33.1. The van der Waals surface area contributed by atoms with Crippen LogP contribution in [-0.4, -0.2) is 47.1 Å². The first-order chi connectivity index (χ1) is 19.3. The molecule has 0 spiro atoms. The van der Waals surface area contributed by atoms with Gasteiger partial charge in [-0.1, -0.05) is 72.8 Å². The van der Waals surface area contributed by atoms with Gasteiger partial charge in [0.05, 0.1) is 12.5 Å². The molecule has 2 N–H and O–H groups in total. The summed E-state index contributed by atoms with van der Waals surface area (Å²) < 4.78 is 5.50. The number of H-pyrrole nitrogens is 1. The van der Waals surface area contributed by atoms with Gasteiger partial charge < -0.3 is 19.7 Å². The first kappa shape index (κ1) is 24.7. The van der Waals surface area contributed by atoms with E-state index in [9.17, 15) is 14.7 Å². The second-order valence-corrected chi connectivity index (χ2v) is 11.7. The van der Waals surface area contributed by atoms with Crippen LogP contribution in [0.2, 0.25) is 0 Å². The number of fused-ring (bicyclic) bond motifs is 2. The van der Waals surface area contributed by atoms with Gasteiger partial charge in [-0.25, -0.2) is 0 Å². The molecular formula is C34H32N2O4. The molecule has 1 saturated carbocycles. The minimum atomic E-state index is -1.11. The van der Waals surface area contributed by atoms with Crippen LogP contribution in [0.1, 0.15) is 46.7 Å². The molecule has 202 valence electrons. The molecule has 6 heteroatoms. The van der Waals surface area contributed by atoms with Gasteiger partial charge in [-0.15, -0.1) is 0 Å². The van der Waals surface area contributed by atoms with Crippen molar-refractivity contribution in [2.45, 2.75) is 31.1 Å². The smallest absolute Gasteiger partial charge is 0.312 e. The van der Waals surface area contributed by atoms with Crippen LogP contribution in [0.15, 0.2) is 79.4 Å². The maximum absolute atomic E-state index is 14.0. The minimum Gasteiger partial charge on any atom is -0.496 e. The highest BCUT2D eigenvalue weighted by molar-refractivity contribution is 6.19. The summed E-state index contributed by atoms with van der Waals surface area (Å²) in [6.07, 6.45) is 1.58. The van der Waals surface area contributed by atoms with Gasteiger partial charge >= 0.3 is 5.97 Å². The Labute approximate surface area is 233 Å². The lowest BCUT2D eigenvalue weighted by Gasteiger charge is -2.58. The number of nitrogens with one attached hydrogen (secondary N) is 1. The van der Waals surface area contributed by atoms with Gasteiger partial charge in [0, 0.05) is 58.1 Å². The summed E-state index contributed by atoms with van der Waals surface area (Å²) in [5.41, 5.74) is 4.80. The van der Waals surface area contributed by atoms with Crippen molar-refractivity contribution in [2.75, 3.05) is 20.2 Å². The fraction of sp³-hybridized carbons (Fsp3) is 0.294. The minimum absolute atomic E-state index is 0.150. The molecular weight excluding hydrogens is 500 g/mol. The highest BCUT2D eigenvalue weighted by atomic mass is 16.5. The average Bonchev–Trinajstić information content (AvgIpc) is 3.59. The van der Waals surface area contributed by atoms with E-state index in [2.05, 4.69) is 54.9 Å². The molecule has 8 rings (SSSR count). The summed E-state index contributed by atoms with van der Waals surface area (Å²) in [6.45, 7) is 6.71. The molecule has 3 aliphatic carbocycles. The SMILES string of the molecule is C=C(C(=O)N1CC2[C@@]3(c4ccc(C)cc4)CC[C@@H](c4c3[nH]c3ccccc43)[C@@]2(C(=O)O)C1)c1ccccc1OC. The van der Waals surface area contributed by atoms with Crippen molar-refractivity contribution < 1.29 is 19.4 Å². The quantitative estimate of drug-likeness (QED) is 0.313. The lowest BCUT2D eigenvalue weighted by atomic mass is 9.43. The summed E-state index contributed by atoms with van der Waals surface area (Å²) in [5, 5.41) is 12.2. The van der Waals surface area contributed by atoms with Gasteiger partial charge in [-0.2, -0.15) is 0 Å². The van der Waals surface area contributed by atoms with Gasteiger partial charge in [0.25, 0.3) is 5.91 Å². The Morgan fingerprint density at radius 3 is 2.52 bits per heavy atom. The van der Waals surface area contributed by atoms with Crippen molar-refractivity contribution in [3.05, 3.63) is 107 Å². The van der Waals surface area contributed by atoms with Crippen molar-refractivity contribution in [3.8, 4) is 5.75 Å². The van der Waals surface area contributed by atoms with E-state index in [1.54, 1.807) is 18.1 Å². The fourth-order valence-corrected chi connectivity index (χ4v) is 8.27. The molecule has 6 nitrogen and oxygen atoms in total. The Hall–Kier alpha value is -4.32. The van der Waals surface area contributed by atoms with Gasteiger partial charge in [-0.3, -0.25) is 9.59 Å². The Balaban J connectivity index is 1.42. The molecule has 1 saturated heterocycles. The number of hydrogen-bond donors (Lipinski definition) is 2. The topological polar surface area (TPSA) is 82.6 Å². The molecule has 0 radical (unpaired) electrons. The molecule has 2 fully saturated rings. The number of aromatic amines is 1. The van der Waals surface area contributed by atoms with Crippen LogP contribution < -0.4 is 4.74 Å². The Morgan fingerprint density at radius 2 is 1.77 bits per heavy atom. The average molecular weight is 533 g/mol. The third kappa shape index (κ3) is 3.05. The number of ether oxygens (including phenoxy) is 1. The summed E-state index contributed by atoms with van der Waals surface area (Å²) >= 11 is 0. The zero-order chi connectivity index (χ0) is 27.8. The number of rotatable bonds is 5. The molecule has 3 aromatic carbocycles. The number of hydrogen-bond acceptors (Lipinski definition) is 3. The third-order valence-electron chi connectivity index (χ3n) is 10.0. The number of carbonyl (C=O) groups is 2. The number of aromatic nitrogens is 1. The number of para-hydroxylation sites is 2. The van der Waals surface area contributed by atoms with E-state index < -0.39 is 16.8 Å². The molecule has 2 heterocycles. The number of aryl methyl sites for hydroxylation is 1. The maximum Gasteiger partial charge on any atom is 0.312 e. The molecule has 1 unspecified atom stereocenters. The maximum atomic E-state index is 14.0. The lowest BCUT2D eigenvalue weighted by molar-refractivity contribution is -0.157. The molecule has 40 heavy (non-hydrogen) atoms. The van der Waals surface area contributed by atoms with E-state index in [1.807, 2.05) is 30.3 Å². The van der Waals surface area contributed by atoms with Crippen LogP contribution in [0.5, 0.6) is 5.75 Å². The standard InChI is InChI=1S/C34H32N2O4/c1-20-12-14-22(15-13-20)33-17-16-25(29-24-9-4-6-10-26(24)35-30(29)33)34(32(38)39)19-36(18-28(33)34)31(37)21(2)23-8-5-7-11-27(23)40-3/h4-15,25,28,35H,2,16-19H2,1,3H3,(H,38,39)/t25-,28?,33-,34-/m0/s1. The number of carboxylic acid groups (broad SMARTS) is 1. The van der Waals surface area contributed by atoms with Gasteiger partial charge in [0.2, 0.25) is 0 Å². The number of carboxylic acids is 1. The van der Waals surface area contributed by atoms with E-state index in [-0.39, 0.29) is 24.3 Å². The number of amides is 1. The molecule has 1 aliphatic heterocycles. The monoisotopic (exact) mass is 532 g/mol. The number of likely N-dealkylation sites (tertiary alicyclic amines) is 1. The van der Waals surface area contributed by atoms with E-state index in [0.717, 1.165) is 46.1 Å². The fourth-order valence-electron chi connectivity index (χ4n) is 8.27. The molecule has 1 aromatic heterocycles. The predicted molar refractivity (Wildman–Crippen MR) is 154 cm³/mol. The largest absolute Gasteiger partial charge is 0.496 e. The van der Waals surface area contributed by atoms with Crippen molar-refractivity contribution in [2.24, 2.45) is 11.3 Å². The summed E-state index contributed by atoms with van der Waals surface area (Å²) in [5.74, 6) is -0.998. The van der Waals surface area contributed by atoms with Crippen molar-refractivity contribution >= 4 is 28.4 Å². The molecule has 4 aromatic rings. The normalized spacial score (nSPS) is 26.4. The number of carbonyl (C=O) groups excluding carboxylic acids is 1. The van der Waals surface area contributed by atoms with E-state index in [0.29, 0.717) is 23.4 Å². The molecule has 1 amide bonds. The highest BCUT2D eigenvalue weighted by Crippen LogP contribution is 2.69. The van der Waals surface area contributed by atoms with Crippen LogP contribution in [0, 0.1) is 18.3 Å². The van der Waals surface area contributed by atoms with Crippen LogP contribution >= 0.6 is 0 Å². The molecule has 4 atom stereocenters. The van der Waals surface area contributed by atoms with Gasteiger partial charge in [-0.05, 0) is 43.0 Å². The third-order valence-corrected chi connectivity index (χ3v) is 10.0. The summed E-state index contributed by atoms with van der Waals surface area (Å²) in [6, 6.07) is 24.1. The van der Waals surface area contributed by atoms with Crippen LogP contribution in [-0.2, 0) is 15.0 Å². The van der Waals surface area contributed by atoms with Gasteiger partial charge in [0.15, 0.2) is 0 Å². The van der Waals surface area contributed by atoms with Crippen molar-refractivity contribution in [1.82, 2.24) is 9.88 Å². The first-order valence-corrected chi connectivity index (χ1v) is 13.9. The zero-order valence-corrected chi connectivity index (χ0v) is 22.7. The number of nitrogens with zero attached hydrogens (tertiary/aromatic N) is 1. The lowest BCUT2D eigenvalue weighted by Crippen LogP contribution is -2.60. The van der Waals surface area contributed by atoms with E-state index in [1.165, 1.54) is 0 Å². The Morgan fingerprint density at radius 1 is 1.05 bits per heavy atom. The number of aliphatic carboxylic acids is 1. The molecule has 2 bridgehead atoms. The first-order valence-electron chi connectivity index (χ1n) is 13.9. The Bertz CT molecular complexity index is 1700. The number of methoxy groups -OCH3 is 1.